The molecule has 0 bridgehead atoms. The van der Waals surface area contributed by atoms with Gasteiger partial charge in [0.25, 0.3) is 0 Å². The topological polar surface area (TPSA) is 67.6 Å². The minimum atomic E-state index is 0.391. The van der Waals surface area contributed by atoms with Gasteiger partial charge in [-0.2, -0.15) is 0 Å². The van der Waals surface area contributed by atoms with E-state index in [1.807, 2.05) is 36.5 Å². The van der Waals surface area contributed by atoms with Crippen LogP contribution in [0, 0.1) is 0 Å². The van der Waals surface area contributed by atoms with Crippen molar-refractivity contribution in [1.82, 2.24) is 15.0 Å². The third-order valence-electron chi connectivity index (χ3n) is 3.24. The molecule has 4 nitrogen and oxygen atoms in total. The van der Waals surface area contributed by atoms with Crippen LogP contribution in [0.25, 0.3) is 22.4 Å². The normalized spacial score (nSPS) is 11.3. The van der Waals surface area contributed by atoms with Crippen LogP contribution in [0.2, 0.25) is 0 Å². The molecule has 0 aliphatic carbocycles. The quantitative estimate of drug-likeness (QED) is 0.735. The largest absolute Gasteiger partial charge is 0.383 e. The molecule has 0 aliphatic rings. The van der Waals surface area contributed by atoms with Crippen molar-refractivity contribution in [3.05, 3.63) is 42.1 Å². The van der Waals surface area contributed by atoms with Gasteiger partial charge in [0.05, 0.1) is 5.39 Å². The minimum absolute atomic E-state index is 0.391. The van der Waals surface area contributed by atoms with Crippen molar-refractivity contribution in [2.75, 3.05) is 5.73 Å². The predicted molar refractivity (Wildman–Crippen MR) is 77.8 cm³/mol. The van der Waals surface area contributed by atoms with E-state index >= 15 is 0 Å². The maximum absolute atomic E-state index is 6.11. The Morgan fingerprint density at radius 2 is 1.84 bits per heavy atom. The molecular weight excluding hydrogens is 236 g/mol. The highest BCUT2D eigenvalue weighted by molar-refractivity contribution is 5.91. The van der Waals surface area contributed by atoms with E-state index in [4.69, 9.17) is 5.73 Å². The number of benzene rings is 1. The molecule has 96 valence electrons. The number of nitrogen functional groups attached to an aromatic ring is 1. The Balaban J connectivity index is 2.22. The van der Waals surface area contributed by atoms with Crippen LogP contribution in [0.5, 0.6) is 0 Å². The summed E-state index contributed by atoms with van der Waals surface area (Å²) in [6, 6.07) is 9.86. The molecule has 4 heteroatoms. The summed E-state index contributed by atoms with van der Waals surface area (Å²) in [5.74, 6) is 1.58. The van der Waals surface area contributed by atoms with Gasteiger partial charge in [0.15, 0.2) is 5.82 Å². The molecule has 2 aromatic heterocycles. The van der Waals surface area contributed by atoms with Crippen LogP contribution < -0.4 is 5.73 Å². The summed E-state index contributed by atoms with van der Waals surface area (Å²) >= 11 is 0. The van der Waals surface area contributed by atoms with Crippen LogP contribution in [-0.2, 0) is 0 Å². The first-order valence-corrected chi connectivity index (χ1v) is 6.36. The van der Waals surface area contributed by atoms with Gasteiger partial charge in [-0.3, -0.25) is 0 Å². The zero-order chi connectivity index (χ0) is 13.4. The van der Waals surface area contributed by atoms with Crippen LogP contribution in [0.15, 0.2) is 36.5 Å². The minimum Gasteiger partial charge on any atom is -0.383 e. The second-order valence-electron chi connectivity index (χ2n) is 4.92. The van der Waals surface area contributed by atoms with Gasteiger partial charge in [0.2, 0.25) is 0 Å². The number of rotatable bonds is 2. The average molecular weight is 252 g/mol. The SMILES string of the molecule is CC(C)c1c[nH]c2nc(-c3ccccc3)nc(N)c12. The zero-order valence-electron chi connectivity index (χ0n) is 11.0. The van der Waals surface area contributed by atoms with Crippen molar-refractivity contribution in [3.8, 4) is 11.4 Å². The maximum Gasteiger partial charge on any atom is 0.163 e. The number of hydrogen-bond acceptors (Lipinski definition) is 3. The van der Waals surface area contributed by atoms with Crippen molar-refractivity contribution < 1.29 is 0 Å². The number of anilines is 1. The van der Waals surface area contributed by atoms with Gasteiger partial charge in [-0.15, -0.1) is 0 Å². The molecule has 0 unspecified atom stereocenters. The van der Waals surface area contributed by atoms with E-state index in [2.05, 4.69) is 28.8 Å². The van der Waals surface area contributed by atoms with E-state index in [0.29, 0.717) is 17.6 Å². The molecule has 0 saturated carbocycles. The molecular formula is C15H16N4. The fraction of sp³-hybridized carbons (Fsp3) is 0.200. The van der Waals surface area contributed by atoms with Gasteiger partial charge in [-0.1, -0.05) is 44.2 Å². The Morgan fingerprint density at radius 1 is 1.11 bits per heavy atom. The highest BCUT2D eigenvalue weighted by atomic mass is 15.0. The monoisotopic (exact) mass is 252 g/mol. The van der Waals surface area contributed by atoms with Gasteiger partial charge in [0.1, 0.15) is 11.5 Å². The highest BCUT2D eigenvalue weighted by Gasteiger charge is 2.14. The summed E-state index contributed by atoms with van der Waals surface area (Å²) in [5.41, 5.74) is 9.04. The van der Waals surface area contributed by atoms with Crippen LogP contribution in [0.4, 0.5) is 5.82 Å². The van der Waals surface area contributed by atoms with E-state index in [0.717, 1.165) is 22.2 Å². The van der Waals surface area contributed by atoms with Gasteiger partial charge in [-0.05, 0) is 11.5 Å². The summed E-state index contributed by atoms with van der Waals surface area (Å²) in [5, 5.41) is 0.940. The van der Waals surface area contributed by atoms with Crippen LogP contribution in [0.3, 0.4) is 0 Å². The first-order valence-electron chi connectivity index (χ1n) is 6.36. The fourth-order valence-electron chi connectivity index (χ4n) is 2.26. The first-order chi connectivity index (χ1) is 9.16. The molecule has 1 aromatic carbocycles. The molecule has 3 rings (SSSR count). The summed E-state index contributed by atoms with van der Waals surface area (Å²) in [6.45, 7) is 4.26. The van der Waals surface area contributed by atoms with E-state index < -0.39 is 0 Å². The van der Waals surface area contributed by atoms with Gasteiger partial charge in [0, 0.05) is 11.8 Å². The van der Waals surface area contributed by atoms with Crippen LogP contribution in [-0.4, -0.2) is 15.0 Å². The third kappa shape index (κ3) is 1.95. The average Bonchev–Trinajstić information content (AvgIpc) is 2.84. The molecule has 0 atom stereocenters. The maximum atomic E-state index is 6.11. The van der Waals surface area contributed by atoms with Crippen LogP contribution in [0.1, 0.15) is 25.3 Å². The lowest BCUT2D eigenvalue weighted by Gasteiger charge is -2.06. The molecule has 3 N–H and O–H groups in total. The fourth-order valence-corrected chi connectivity index (χ4v) is 2.26. The molecule has 0 radical (unpaired) electrons. The third-order valence-corrected chi connectivity index (χ3v) is 3.24. The molecule has 0 spiro atoms. The van der Waals surface area contributed by atoms with E-state index in [9.17, 15) is 0 Å². The van der Waals surface area contributed by atoms with Gasteiger partial charge >= 0.3 is 0 Å². The van der Waals surface area contributed by atoms with E-state index in [1.54, 1.807) is 0 Å². The molecule has 19 heavy (non-hydrogen) atoms. The van der Waals surface area contributed by atoms with Crippen molar-refractivity contribution in [3.63, 3.8) is 0 Å². The Labute approximate surface area is 111 Å². The number of nitrogens with one attached hydrogen (secondary N) is 1. The lowest BCUT2D eigenvalue weighted by Crippen LogP contribution is -1.98. The molecule has 0 saturated heterocycles. The van der Waals surface area contributed by atoms with Crippen LogP contribution >= 0.6 is 0 Å². The second-order valence-corrected chi connectivity index (χ2v) is 4.92. The second kappa shape index (κ2) is 4.39. The Hall–Kier alpha value is -2.36. The Kier molecular flexibility index (Phi) is 2.71. The number of hydrogen-bond donors (Lipinski definition) is 2. The standard InChI is InChI=1S/C15H16N4/c1-9(2)11-8-17-15-12(11)13(16)18-14(19-15)10-6-4-3-5-7-10/h3-9H,1-2H3,(H3,16,17,18,19). The van der Waals surface area contributed by atoms with Crippen molar-refractivity contribution >= 4 is 16.9 Å². The van der Waals surface area contributed by atoms with E-state index in [-0.39, 0.29) is 0 Å². The van der Waals surface area contributed by atoms with Gasteiger partial charge < -0.3 is 10.7 Å². The van der Waals surface area contributed by atoms with E-state index in [1.165, 1.54) is 0 Å². The molecule has 0 aliphatic heterocycles. The lowest BCUT2D eigenvalue weighted by molar-refractivity contribution is 0.875. The smallest absolute Gasteiger partial charge is 0.163 e. The predicted octanol–water partition coefficient (Wildman–Crippen LogP) is 3.33. The number of H-pyrrole nitrogens is 1. The van der Waals surface area contributed by atoms with Crippen molar-refractivity contribution in [2.45, 2.75) is 19.8 Å². The molecule has 0 fully saturated rings. The number of fused-ring (bicyclic) bond motifs is 1. The summed E-state index contributed by atoms with van der Waals surface area (Å²) in [4.78, 5) is 12.2. The Bertz CT molecular complexity index is 714. The number of nitrogens with two attached hydrogens (primary N) is 1. The van der Waals surface area contributed by atoms with Crippen molar-refractivity contribution in [1.29, 1.82) is 0 Å². The molecule has 3 aromatic rings. The lowest BCUT2D eigenvalue weighted by atomic mass is 10.0. The molecule has 0 amide bonds. The number of aromatic amines is 1. The first kappa shape index (κ1) is 11.7. The Morgan fingerprint density at radius 3 is 2.53 bits per heavy atom. The highest BCUT2D eigenvalue weighted by Crippen LogP contribution is 2.29. The number of nitrogens with zero attached hydrogens (tertiary/aromatic N) is 2. The summed E-state index contributed by atoms with van der Waals surface area (Å²) in [7, 11) is 0. The zero-order valence-corrected chi connectivity index (χ0v) is 11.0. The summed E-state index contributed by atoms with van der Waals surface area (Å²) < 4.78 is 0. The number of aromatic nitrogens is 3. The van der Waals surface area contributed by atoms with Crippen molar-refractivity contribution in [2.24, 2.45) is 0 Å². The molecule has 2 heterocycles. The van der Waals surface area contributed by atoms with Gasteiger partial charge in [-0.25, -0.2) is 9.97 Å². The summed E-state index contributed by atoms with van der Waals surface area (Å²) in [6.07, 6.45) is 1.97.